The molecule has 0 unspecified atom stereocenters. The molecule has 1 rings (SSSR count). The first kappa shape index (κ1) is 16.7. The number of amides is 1. The molecule has 0 aliphatic heterocycles. The summed E-state index contributed by atoms with van der Waals surface area (Å²) in [6.07, 6.45) is 0. The minimum atomic E-state index is -2.98. The summed E-state index contributed by atoms with van der Waals surface area (Å²) < 4.78 is 28.7. The molecule has 1 aromatic heterocycles. The topological polar surface area (TPSA) is 75.6 Å². The van der Waals surface area contributed by atoms with Crippen molar-refractivity contribution in [3.63, 3.8) is 0 Å². The molecule has 0 spiro atoms. The number of thiophene rings is 1. The van der Waals surface area contributed by atoms with E-state index in [4.69, 9.17) is 5.11 Å². The molecule has 0 aromatic carbocycles. The van der Waals surface area contributed by atoms with Gasteiger partial charge in [-0.15, -0.1) is 23.1 Å². The number of halogens is 2. The van der Waals surface area contributed by atoms with Crippen molar-refractivity contribution in [1.29, 1.82) is 0 Å². The highest BCUT2D eigenvalue weighted by Gasteiger charge is 2.18. The monoisotopic (exact) mass is 325 g/mol. The van der Waals surface area contributed by atoms with Crippen LogP contribution in [0.2, 0.25) is 0 Å². The zero-order valence-corrected chi connectivity index (χ0v) is 12.2. The van der Waals surface area contributed by atoms with Gasteiger partial charge >= 0.3 is 12.6 Å². The fraction of sp³-hybridized carbons (Fsp3) is 0.455. The summed E-state index contributed by atoms with van der Waals surface area (Å²) in [6, 6.07) is 1.38. The number of alkyl halides is 2. The minimum absolute atomic E-state index is 0.0479. The number of aliphatic carboxylic acids is 1. The Morgan fingerprint density at radius 3 is 2.85 bits per heavy atom. The second kappa shape index (κ2) is 8.05. The van der Waals surface area contributed by atoms with E-state index in [1.807, 2.05) is 0 Å². The van der Waals surface area contributed by atoms with E-state index in [-0.39, 0.29) is 22.9 Å². The Morgan fingerprint density at radius 1 is 1.55 bits per heavy atom. The van der Waals surface area contributed by atoms with Crippen LogP contribution in [0.15, 0.2) is 6.07 Å². The highest BCUT2D eigenvalue weighted by Crippen LogP contribution is 2.30. The van der Waals surface area contributed by atoms with Crippen molar-refractivity contribution in [2.75, 3.05) is 18.1 Å². The molecule has 112 valence electrons. The Bertz CT molecular complexity index is 479. The van der Waals surface area contributed by atoms with Crippen LogP contribution in [0.5, 0.6) is 5.75 Å². The van der Waals surface area contributed by atoms with Crippen molar-refractivity contribution < 1.29 is 28.2 Å². The van der Waals surface area contributed by atoms with Gasteiger partial charge in [-0.1, -0.05) is 0 Å². The normalized spacial score (nSPS) is 10.6. The van der Waals surface area contributed by atoms with Crippen LogP contribution in [-0.2, 0) is 4.79 Å². The molecule has 0 saturated carbocycles. The first-order valence-corrected chi connectivity index (χ1v) is 7.50. The molecule has 0 radical (unpaired) electrons. The van der Waals surface area contributed by atoms with Gasteiger partial charge in [-0.3, -0.25) is 9.59 Å². The third-order valence-corrected chi connectivity index (χ3v) is 3.98. The van der Waals surface area contributed by atoms with Crippen LogP contribution in [-0.4, -0.2) is 41.6 Å². The van der Waals surface area contributed by atoms with Crippen LogP contribution >= 0.6 is 23.1 Å². The lowest BCUT2D eigenvalue weighted by Gasteiger charge is -2.06. The highest BCUT2D eigenvalue weighted by molar-refractivity contribution is 7.99. The van der Waals surface area contributed by atoms with Crippen LogP contribution in [0.4, 0.5) is 8.78 Å². The largest absolute Gasteiger partial charge is 0.481 e. The average molecular weight is 325 g/mol. The van der Waals surface area contributed by atoms with Crippen LogP contribution < -0.4 is 10.1 Å². The lowest BCUT2D eigenvalue weighted by Crippen LogP contribution is -2.25. The zero-order valence-electron chi connectivity index (χ0n) is 10.5. The summed E-state index contributed by atoms with van der Waals surface area (Å²) in [7, 11) is 0. The first-order valence-electron chi connectivity index (χ1n) is 5.53. The Hall–Kier alpha value is -1.35. The maximum absolute atomic E-state index is 12.2. The quantitative estimate of drug-likeness (QED) is 0.717. The lowest BCUT2D eigenvalue weighted by molar-refractivity contribution is -0.133. The number of thioether (sulfide) groups is 1. The van der Waals surface area contributed by atoms with Crippen molar-refractivity contribution in [2.24, 2.45) is 0 Å². The Kier molecular flexibility index (Phi) is 6.73. The number of carbonyl (C=O) groups excluding carboxylic acids is 1. The van der Waals surface area contributed by atoms with Crippen molar-refractivity contribution >= 4 is 35.0 Å². The van der Waals surface area contributed by atoms with Gasteiger partial charge < -0.3 is 15.2 Å². The molecule has 1 amide bonds. The van der Waals surface area contributed by atoms with Crippen LogP contribution in [0.25, 0.3) is 0 Å². The number of aryl methyl sites for hydroxylation is 1. The number of carboxylic acid groups (broad SMARTS) is 1. The molecule has 0 saturated heterocycles. The van der Waals surface area contributed by atoms with E-state index in [9.17, 15) is 18.4 Å². The van der Waals surface area contributed by atoms with E-state index in [2.05, 4.69) is 10.1 Å². The van der Waals surface area contributed by atoms with Gasteiger partial charge in [0.2, 0.25) is 0 Å². The number of carboxylic acids is 1. The molecule has 1 heterocycles. The van der Waals surface area contributed by atoms with Crippen LogP contribution in [0.3, 0.4) is 0 Å². The summed E-state index contributed by atoms with van der Waals surface area (Å²) in [5.74, 6) is -1.20. The number of rotatable bonds is 8. The Morgan fingerprint density at radius 2 is 2.25 bits per heavy atom. The molecular weight excluding hydrogens is 312 g/mol. The molecule has 0 bridgehead atoms. The van der Waals surface area contributed by atoms with Crippen LogP contribution in [0.1, 0.15) is 14.5 Å². The molecule has 1 aromatic rings. The molecule has 0 aliphatic rings. The fourth-order valence-electron chi connectivity index (χ4n) is 1.31. The third kappa shape index (κ3) is 5.74. The molecule has 0 aliphatic carbocycles. The van der Waals surface area contributed by atoms with E-state index < -0.39 is 18.5 Å². The van der Waals surface area contributed by atoms with Crippen molar-refractivity contribution in [2.45, 2.75) is 13.5 Å². The predicted molar refractivity (Wildman–Crippen MR) is 73.0 cm³/mol. The molecule has 0 fully saturated rings. The fourth-order valence-corrected chi connectivity index (χ4v) is 2.73. The van der Waals surface area contributed by atoms with Gasteiger partial charge in [0.05, 0.1) is 5.75 Å². The Labute approximate surface area is 122 Å². The van der Waals surface area contributed by atoms with E-state index in [1.165, 1.54) is 6.07 Å². The summed E-state index contributed by atoms with van der Waals surface area (Å²) in [5, 5.41) is 11.0. The number of hydrogen-bond donors (Lipinski definition) is 2. The van der Waals surface area contributed by atoms with Gasteiger partial charge in [-0.2, -0.15) is 8.78 Å². The molecule has 5 nitrogen and oxygen atoms in total. The highest BCUT2D eigenvalue weighted by atomic mass is 32.2. The van der Waals surface area contributed by atoms with Crippen LogP contribution in [0, 0.1) is 6.92 Å². The smallest absolute Gasteiger partial charge is 0.387 e. The summed E-state index contributed by atoms with van der Waals surface area (Å²) >= 11 is 2.22. The average Bonchev–Trinajstić information content (AvgIpc) is 2.68. The van der Waals surface area contributed by atoms with E-state index in [1.54, 1.807) is 6.92 Å². The molecule has 0 atom stereocenters. The minimum Gasteiger partial charge on any atom is -0.481 e. The summed E-state index contributed by atoms with van der Waals surface area (Å²) in [4.78, 5) is 22.9. The maximum atomic E-state index is 12.2. The molecular formula is C11H13F2NO4S2. The van der Waals surface area contributed by atoms with Gasteiger partial charge in [0.15, 0.2) is 0 Å². The number of carbonyl (C=O) groups is 2. The number of hydrogen-bond acceptors (Lipinski definition) is 5. The summed E-state index contributed by atoms with van der Waals surface area (Å²) in [5.41, 5.74) is 0. The zero-order chi connectivity index (χ0) is 15.1. The second-order valence-electron chi connectivity index (χ2n) is 3.63. The van der Waals surface area contributed by atoms with Crippen molar-refractivity contribution in [1.82, 2.24) is 5.32 Å². The first-order chi connectivity index (χ1) is 9.40. The van der Waals surface area contributed by atoms with E-state index >= 15 is 0 Å². The van der Waals surface area contributed by atoms with E-state index in [0.29, 0.717) is 10.6 Å². The maximum Gasteiger partial charge on any atom is 0.387 e. The predicted octanol–water partition coefficient (Wildman–Crippen LogP) is 2.21. The van der Waals surface area contributed by atoms with Gasteiger partial charge in [0.25, 0.3) is 5.91 Å². The SMILES string of the molecule is Cc1cc(OC(F)F)c(C(=O)NCCSCC(=O)O)s1. The molecule has 2 N–H and O–H groups in total. The standard InChI is InChI=1S/C11H13F2NO4S2/c1-6-4-7(18-11(12)13)9(20-6)10(17)14-2-3-19-5-8(15)16/h4,11H,2-3,5H2,1H3,(H,14,17)(H,15,16). The van der Waals surface area contributed by atoms with Gasteiger partial charge in [-0.05, 0) is 13.0 Å². The summed E-state index contributed by atoms with van der Waals surface area (Å²) in [6.45, 7) is -1.05. The van der Waals surface area contributed by atoms with E-state index in [0.717, 1.165) is 23.1 Å². The van der Waals surface area contributed by atoms with Gasteiger partial charge in [-0.25, -0.2) is 0 Å². The lowest BCUT2D eigenvalue weighted by atomic mass is 10.4. The van der Waals surface area contributed by atoms with Gasteiger partial charge in [0.1, 0.15) is 10.6 Å². The second-order valence-corrected chi connectivity index (χ2v) is 5.99. The third-order valence-electron chi connectivity index (χ3n) is 2.00. The molecule has 9 heteroatoms. The van der Waals surface area contributed by atoms with Gasteiger partial charge in [0, 0.05) is 17.2 Å². The number of ether oxygens (including phenoxy) is 1. The van der Waals surface area contributed by atoms with Crippen molar-refractivity contribution in [3.8, 4) is 5.75 Å². The van der Waals surface area contributed by atoms with Crippen molar-refractivity contribution in [3.05, 3.63) is 15.8 Å². The number of nitrogens with one attached hydrogen (secondary N) is 1. The molecule has 20 heavy (non-hydrogen) atoms. The Balaban J connectivity index is 2.48.